The number of hydrogen-bond acceptors (Lipinski definition) is 4. The third kappa shape index (κ3) is 4.46. The molecule has 2 atom stereocenters. The van der Waals surface area contributed by atoms with Crippen molar-refractivity contribution in [2.24, 2.45) is 5.92 Å². The molecular formula is C21H30N4O3. The Morgan fingerprint density at radius 1 is 1.11 bits per heavy atom. The van der Waals surface area contributed by atoms with Gasteiger partial charge >= 0.3 is 0 Å². The van der Waals surface area contributed by atoms with Gasteiger partial charge < -0.3 is 20.0 Å². The Labute approximate surface area is 166 Å². The van der Waals surface area contributed by atoms with Crippen molar-refractivity contribution >= 4 is 23.4 Å². The summed E-state index contributed by atoms with van der Waals surface area (Å²) >= 11 is 0. The monoisotopic (exact) mass is 386 g/mol. The van der Waals surface area contributed by atoms with Crippen molar-refractivity contribution in [3.05, 3.63) is 30.3 Å². The van der Waals surface area contributed by atoms with E-state index in [1.54, 1.807) is 4.90 Å². The Bertz CT molecular complexity index is 701. The molecule has 0 bridgehead atoms. The minimum atomic E-state index is -0.699. The maximum Gasteiger partial charge on any atom is 0.243 e. The van der Waals surface area contributed by atoms with Crippen molar-refractivity contribution in [3.63, 3.8) is 0 Å². The molecule has 0 radical (unpaired) electrons. The molecule has 28 heavy (non-hydrogen) atoms. The normalized spacial score (nSPS) is 21.3. The van der Waals surface area contributed by atoms with Gasteiger partial charge in [-0.1, -0.05) is 32.0 Å². The zero-order chi connectivity index (χ0) is 20.1. The van der Waals surface area contributed by atoms with E-state index in [0.717, 1.165) is 25.2 Å². The van der Waals surface area contributed by atoms with Crippen LogP contribution >= 0.6 is 0 Å². The molecular weight excluding hydrogens is 356 g/mol. The second-order valence-corrected chi connectivity index (χ2v) is 7.56. The van der Waals surface area contributed by atoms with E-state index in [1.807, 2.05) is 36.9 Å². The lowest BCUT2D eigenvalue weighted by Gasteiger charge is -2.39. The van der Waals surface area contributed by atoms with Crippen LogP contribution < -0.4 is 10.2 Å². The van der Waals surface area contributed by atoms with Gasteiger partial charge in [0, 0.05) is 50.9 Å². The molecule has 7 heteroatoms. The van der Waals surface area contributed by atoms with E-state index < -0.39 is 6.04 Å². The first-order valence-electron chi connectivity index (χ1n) is 10.2. The van der Waals surface area contributed by atoms with Gasteiger partial charge in [0.25, 0.3) is 0 Å². The first kappa shape index (κ1) is 20.2. The fourth-order valence-corrected chi connectivity index (χ4v) is 3.79. The lowest BCUT2D eigenvalue weighted by atomic mass is 10.0. The molecule has 7 nitrogen and oxygen atoms in total. The van der Waals surface area contributed by atoms with Gasteiger partial charge in [-0.05, 0) is 18.6 Å². The van der Waals surface area contributed by atoms with Gasteiger partial charge in [0.15, 0.2) is 0 Å². The van der Waals surface area contributed by atoms with Gasteiger partial charge in [-0.15, -0.1) is 0 Å². The predicted octanol–water partition coefficient (Wildman–Crippen LogP) is 1.10. The third-order valence-corrected chi connectivity index (χ3v) is 5.77. The van der Waals surface area contributed by atoms with Crippen molar-refractivity contribution in [1.82, 2.24) is 15.1 Å². The van der Waals surface area contributed by atoms with Crippen LogP contribution in [0.3, 0.4) is 0 Å². The van der Waals surface area contributed by atoms with E-state index in [4.69, 9.17) is 0 Å². The van der Waals surface area contributed by atoms with Crippen LogP contribution in [0, 0.1) is 5.92 Å². The summed E-state index contributed by atoms with van der Waals surface area (Å²) in [7, 11) is 0. The number of amides is 3. The maximum absolute atomic E-state index is 12.9. The Kier molecular flexibility index (Phi) is 6.54. The standard InChI is InChI=1S/C21H30N4O3/c1-3-16(2)21(28)25-10-9-22-20(27)18(25)15-19(26)24-13-11-23(12-14-24)17-7-5-4-6-8-17/h4-8,16,18H,3,9-15H2,1-2H3,(H,22,27). The highest BCUT2D eigenvalue weighted by Crippen LogP contribution is 2.19. The van der Waals surface area contributed by atoms with Crippen LogP contribution in [0.5, 0.6) is 0 Å². The third-order valence-electron chi connectivity index (χ3n) is 5.77. The molecule has 152 valence electrons. The second-order valence-electron chi connectivity index (χ2n) is 7.56. The summed E-state index contributed by atoms with van der Waals surface area (Å²) in [6.45, 7) is 7.53. The molecule has 0 saturated carbocycles. The molecule has 0 spiro atoms. The summed E-state index contributed by atoms with van der Waals surface area (Å²) in [6, 6.07) is 9.46. The molecule has 2 fully saturated rings. The summed E-state index contributed by atoms with van der Waals surface area (Å²) in [5.74, 6) is -0.460. The largest absolute Gasteiger partial charge is 0.368 e. The molecule has 1 aromatic carbocycles. The molecule has 2 saturated heterocycles. The molecule has 2 heterocycles. The fraction of sp³-hybridized carbons (Fsp3) is 0.571. The van der Waals surface area contributed by atoms with E-state index >= 15 is 0 Å². The van der Waals surface area contributed by atoms with E-state index in [-0.39, 0.29) is 30.1 Å². The van der Waals surface area contributed by atoms with E-state index in [9.17, 15) is 14.4 Å². The molecule has 1 N–H and O–H groups in total. The number of para-hydroxylation sites is 1. The Morgan fingerprint density at radius 2 is 1.79 bits per heavy atom. The number of hydrogen-bond donors (Lipinski definition) is 1. The summed E-state index contributed by atoms with van der Waals surface area (Å²) in [5, 5.41) is 2.80. The fourth-order valence-electron chi connectivity index (χ4n) is 3.79. The summed E-state index contributed by atoms with van der Waals surface area (Å²) in [6.07, 6.45) is 0.776. The van der Waals surface area contributed by atoms with Gasteiger partial charge in [-0.25, -0.2) is 0 Å². The first-order valence-corrected chi connectivity index (χ1v) is 10.2. The number of carbonyl (C=O) groups is 3. The average Bonchev–Trinajstić information content (AvgIpc) is 2.74. The average molecular weight is 386 g/mol. The minimum absolute atomic E-state index is 0.0379. The Morgan fingerprint density at radius 3 is 2.43 bits per heavy atom. The predicted molar refractivity (Wildman–Crippen MR) is 108 cm³/mol. The quantitative estimate of drug-likeness (QED) is 0.823. The van der Waals surface area contributed by atoms with Crippen LogP contribution in [0.4, 0.5) is 5.69 Å². The zero-order valence-corrected chi connectivity index (χ0v) is 16.8. The van der Waals surface area contributed by atoms with Crippen LogP contribution in [0.25, 0.3) is 0 Å². The van der Waals surface area contributed by atoms with Crippen molar-refractivity contribution < 1.29 is 14.4 Å². The molecule has 3 rings (SSSR count). The molecule has 3 amide bonds. The van der Waals surface area contributed by atoms with Crippen molar-refractivity contribution in [2.45, 2.75) is 32.7 Å². The van der Waals surface area contributed by atoms with Crippen molar-refractivity contribution in [2.75, 3.05) is 44.2 Å². The smallest absolute Gasteiger partial charge is 0.243 e. The lowest BCUT2D eigenvalue weighted by Crippen LogP contribution is -2.60. The Hall–Kier alpha value is -2.57. The number of nitrogens with one attached hydrogen (secondary N) is 1. The number of carbonyl (C=O) groups excluding carboxylic acids is 3. The number of anilines is 1. The molecule has 0 aliphatic carbocycles. The van der Waals surface area contributed by atoms with Crippen LogP contribution in [-0.4, -0.2) is 72.8 Å². The topological polar surface area (TPSA) is 73.0 Å². The summed E-state index contributed by atoms with van der Waals surface area (Å²) in [5.41, 5.74) is 1.16. The van der Waals surface area contributed by atoms with Crippen LogP contribution in [0.2, 0.25) is 0 Å². The van der Waals surface area contributed by atoms with E-state index in [1.165, 1.54) is 0 Å². The highest BCUT2D eigenvalue weighted by Gasteiger charge is 2.37. The van der Waals surface area contributed by atoms with Gasteiger partial charge in [0.05, 0.1) is 6.42 Å². The van der Waals surface area contributed by atoms with Gasteiger partial charge in [-0.2, -0.15) is 0 Å². The van der Waals surface area contributed by atoms with Crippen molar-refractivity contribution in [3.8, 4) is 0 Å². The zero-order valence-electron chi connectivity index (χ0n) is 16.8. The number of rotatable bonds is 5. The van der Waals surface area contributed by atoms with Crippen molar-refractivity contribution in [1.29, 1.82) is 0 Å². The molecule has 1 aromatic rings. The number of piperazine rings is 2. The molecule has 0 aromatic heterocycles. The van der Waals surface area contributed by atoms with Gasteiger partial charge in [0.1, 0.15) is 6.04 Å². The number of nitrogens with zero attached hydrogens (tertiary/aromatic N) is 3. The van der Waals surface area contributed by atoms with Crippen LogP contribution in [0.15, 0.2) is 30.3 Å². The molecule has 2 unspecified atom stereocenters. The van der Waals surface area contributed by atoms with E-state index in [0.29, 0.717) is 26.2 Å². The maximum atomic E-state index is 12.9. The SMILES string of the molecule is CCC(C)C(=O)N1CCNC(=O)C1CC(=O)N1CCN(c2ccccc2)CC1. The second kappa shape index (κ2) is 9.08. The van der Waals surface area contributed by atoms with Gasteiger partial charge in [-0.3, -0.25) is 14.4 Å². The molecule has 2 aliphatic rings. The highest BCUT2D eigenvalue weighted by molar-refractivity contribution is 5.93. The first-order chi connectivity index (χ1) is 13.5. The van der Waals surface area contributed by atoms with Crippen LogP contribution in [0.1, 0.15) is 26.7 Å². The van der Waals surface area contributed by atoms with Crippen LogP contribution in [-0.2, 0) is 14.4 Å². The van der Waals surface area contributed by atoms with Gasteiger partial charge in [0.2, 0.25) is 17.7 Å². The minimum Gasteiger partial charge on any atom is -0.368 e. The Balaban J connectivity index is 1.59. The summed E-state index contributed by atoms with van der Waals surface area (Å²) < 4.78 is 0. The lowest BCUT2D eigenvalue weighted by molar-refractivity contribution is -0.149. The number of benzene rings is 1. The highest BCUT2D eigenvalue weighted by atomic mass is 16.2. The summed E-state index contributed by atoms with van der Waals surface area (Å²) in [4.78, 5) is 43.6. The van der Waals surface area contributed by atoms with E-state index in [2.05, 4.69) is 22.3 Å². The molecule has 2 aliphatic heterocycles.